The summed E-state index contributed by atoms with van der Waals surface area (Å²) in [4.78, 5) is 24.5. The van der Waals surface area contributed by atoms with Gasteiger partial charge < -0.3 is 18.9 Å². The maximum atomic E-state index is 12.3. The van der Waals surface area contributed by atoms with E-state index >= 15 is 0 Å². The molecule has 0 fully saturated rings. The van der Waals surface area contributed by atoms with Gasteiger partial charge in [-0.15, -0.1) is 0 Å². The molecule has 132 valence electrons. The fraction of sp³-hybridized carbons (Fsp3) is 0.263. The van der Waals surface area contributed by atoms with Crippen LogP contribution < -0.4 is 14.2 Å². The van der Waals surface area contributed by atoms with Crippen LogP contribution in [0.4, 0.5) is 0 Å². The van der Waals surface area contributed by atoms with E-state index in [1.54, 1.807) is 30.3 Å². The summed E-state index contributed by atoms with van der Waals surface area (Å²) in [5.74, 6) is 0.380. The van der Waals surface area contributed by atoms with E-state index in [-0.39, 0.29) is 18.0 Å². The van der Waals surface area contributed by atoms with Crippen LogP contribution in [0.1, 0.15) is 26.3 Å². The van der Waals surface area contributed by atoms with Crippen molar-refractivity contribution in [2.75, 3.05) is 27.9 Å². The minimum absolute atomic E-state index is 0.280. The van der Waals surface area contributed by atoms with Crippen LogP contribution in [0.25, 0.3) is 0 Å². The van der Waals surface area contributed by atoms with Crippen LogP contribution in [-0.4, -0.2) is 39.7 Å². The van der Waals surface area contributed by atoms with E-state index in [9.17, 15) is 9.59 Å². The van der Waals surface area contributed by atoms with Crippen LogP contribution in [0, 0.1) is 6.92 Å². The average Bonchev–Trinajstić information content (AvgIpc) is 2.65. The molecule has 2 rings (SSSR count). The Morgan fingerprint density at radius 3 is 2.12 bits per heavy atom. The number of Topliss-reactive ketones (excluding diaryl/α,β-unsaturated/α-hetero) is 1. The van der Waals surface area contributed by atoms with Gasteiger partial charge in [-0.3, -0.25) is 4.79 Å². The third-order valence-corrected chi connectivity index (χ3v) is 3.61. The van der Waals surface area contributed by atoms with Gasteiger partial charge in [0.05, 0.1) is 21.3 Å². The standard InChI is InChI=1S/C19H20O6/c1-12-5-7-16(22-2)14(9-12)19(21)25-11-15(20)13-6-8-17(23-3)18(10-13)24-4/h5-10H,11H2,1-4H3. The molecule has 0 radical (unpaired) electrons. The quantitative estimate of drug-likeness (QED) is 0.568. The van der Waals surface area contributed by atoms with E-state index in [0.717, 1.165) is 5.56 Å². The molecule has 0 spiro atoms. The molecule has 0 amide bonds. The van der Waals surface area contributed by atoms with Crippen molar-refractivity contribution < 1.29 is 28.5 Å². The monoisotopic (exact) mass is 344 g/mol. The Hall–Kier alpha value is -3.02. The van der Waals surface area contributed by atoms with E-state index in [0.29, 0.717) is 22.8 Å². The van der Waals surface area contributed by atoms with Crippen LogP contribution in [0.3, 0.4) is 0 Å². The lowest BCUT2D eigenvalue weighted by Gasteiger charge is -2.11. The van der Waals surface area contributed by atoms with Crippen LogP contribution >= 0.6 is 0 Å². The van der Waals surface area contributed by atoms with Crippen LogP contribution in [0.15, 0.2) is 36.4 Å². The van der Waals surface area contributed by atoms with Crippen molar-refractivity contribution in [3.05, 3.63) is 53.1 Å². The minimum atomic E-state index is -0.616. The second kappa shape index (κ2) is 8.19. The van der Waals surface area contributed by atoms with Gasteiger partial charge in [0.25, 0.3) is 0 Å². The number of esters is 1. The Balaban J connectivity index is 2.09. The zero-order chi connectivity index (χ0) is 18.4. The third-order valence-electron chi connectivity index (χ3n) is 3.61. The normalized spacial score (nSPS) is 10.1. The first-order chi connectivity index (χ1) is 12.0. The maximum absolute atomic E-state index is 12.3. The van der Waals surface area contributed by atoms with Gasteiger partial charge in [-0.05, 0) is 37.3 Å². The van der Waals surface area contributed by atoms with Gasteiger partial charge >= 0.3 is 5.97 Å². The summed E-state index contributed by atoms with van der Waals surface area (Å²) < 4.78 is 20.6. The third kappa shape index (κ3) is 4.29. The summed E-state index contributed by atoms with van der Waals surface area (Å²) in [7, 11) is 4.46. The maximum Gasteiger partial charge on any atom is 0.342 e. The number of hydrogen-bond acceptors (Lipinski definition) is 6. The lowest BCUT2D eigenvalue weighted by Crippen LogP contribution is -2.15. The van der Waals surface area contributed by atoms with Crippen molar-refractivity contribution in [1.82, 2.24) is 0 Å². The van der Waals surface area contributed by atoms with Crippen molar-refractivity contribution in [3.63, 3.8) is 0 Å². The summed E-state index contributed by atoms with van der Waals surface area (Å²) in [6.45, 7) is 1.47. The zero-order valence-electron chi connectivity index (χ0n) is 14.6. The second-order valence-corrected chi connectivity index (χ2v) is 5.27. The van der Waals surface area contributed by atoms with Crippen molar-refractivity contribution in [3.8, 4) is 17.2 Å². The molecule has 25 heavy (non-hydrogen) atoms. The Bertz CT molecular complexity index is 781. The first-order valence-electron chi connectivity index (χ1n) is 7.57. The molecule has 2 aromatic carbocycles. The first-order valence-corrected chi connectivity index (χ1v) is 7.57. The highest BCUT2D eigenvalue weighted by Gasteiger charge is 2.17. The van der Waals surface area contributed by atoms with E-state index < -0.39 is 5.97 Å². The van der Waals surface area contributed by atoms with E-state index in [1.165, 1.54) is 21.3 Å². The molecule has 0 atom stereocenters. The molecule has 0 saturated heterocycles. The number of methoxy groups -OCH3 is 3. The summed E-state index contributed by atoms with van der Waals surface area (Å²) >= 11 is 0. The highest BCUT2D eigenvalue weighted by molar-refractivity contribution is 6.00. The lowest BCUT2D eigenvalue weighted by molar-refractivity contribution is 0.0471. The largest absolute Gasteiger partial charge is 0.496 e. The minimum Gasteiger partial charge on any atom is -0.496 e. The molecule has 0 heterocycles. The van der Waals surface area contributed by atoms with Crippen molar-refractivity contribution in [2.45, 2.75) is 6.92 Å². The number of rotatable bonds is 7. The van der Waals surface area contributed by atoms with Gasteiger partial charge in [0.1, 0.15) is 11.3 Å². The molecule has 0 saturated carbocycles. The Labute approximate surface area is 146 Å². The number of aryl methyl sites for hydroxylation is 1. The van der Waals surface area contributed by atoms with Gasteiger partial charge in [0.2, 0.25) is 0 Å². The van der Waals surface area contributed by atoms with Crippen LogP contribution in [0.2, 0.25) is 0 Å². The fourth-order valence-electron chi connectivity index (χ4n) is 2.28. The molecular formula is C19H20O6. The number of carbonyl (C=O) groups excluding carboxylic acids is 2. The number of carbonyl (C=O) groups is 2. The van der Waals surface area contributed by atoms with Crippen LogP contribution in [-0.2, 0) is 4.74 Å². The molecular weight excluding hydrogens is 324 g/mol. The molecule has 0 unspecified atom stereocenters. The van der Waals surface area contributed by atoms with Gasteiger partial charge in [-0.25, -0.2) is 4.79 Å². The van der Waals surface area contributed by atoms with E-state index in [1.807, 2.05) is 13.0 Å². The Morgan fingerprint density at radius 1 is 0.840 bits per heavy atom. The summed E-state index contributed by atoms with van der Waals surface area (Å²) in [5, 5.41) is 0. The number of ketones is 1. The smallest absolute Gasteiger partial charge is 0.342 e. The SMILES string of the molecule is COc1ccc(C(=O)COC(=O)c2cc(C)ccc2OC)cc1OC. The number of ether oxygens (including phenoxy) is 4. The highest BCUT2D eigenvalue weighted by atomic mass is 16.5. The van der Waals surface area contributed by atoms with Crippen LogP contribution in [0.5, 0.6) is 17.2 Å². The highest BCUT2D eigenvalue weighted by Crippen LogP contribution is 2.28. The van der Waals surface area contributed by atoms with Gasteiger partial charge in [-0.1, -0.05) is 11.6 Å². The summed E-state index contributed by atoms with van der Waals surface area (Å²) in [5.41, 5.74) is 1.53. The molecule has 0 aromatic heterocycles. The summed E-state index contributed by atoms with van der Waals surface area (Å²) in [6.07, 6.45) is 0. The van der Waals surface area contributed by atoms with Crippen molar-refractivity contribution in [2.24, 2.45) is 0 Å². The molecule has 2 aromatic rings. The second-order valence-electron chi connectivity index (χ2n) is 5.27. The zero-order valence-corrected chi connectivity index (χ0v) is 14.6. The lowest BCUT2D eigenvalue weighted by atomic mass is 10.1. The van der Waals surface area contributed by atoms with Crippen molar-refractivity contribution in [1.29, 1.82) is 0 Å². The molecule has 0 aliphatic carbocycles. The molecule has 6 nitrogen and oxygen atoms in total. The molecule has 0 N–H and O–H groups in total. The predicted molar refractivity (Wildman–Crippen MR) is 91.9 cm³/mol. The van der Waals surface area contributed by atoms with Gasteiger partial charge in [0.15, 0.2) is 23.9 Å². The molecule has 6 heteroatoms. The van der Waals surface area contributed by atoms with Crippen molar-refractivity contribution >= 4 is 11.8 Å². The number of benzene rings is 2. The molecule has 0 aliphatic heterocycles. The van der Waals surface area contributed by atoms with Gasteiger partial charge in [-0.2, -0.15) is 0 Å². The number of hydrogen-bond donors (Lipinski definition) is 0. The molecule has 0 aliphatic rings. The van der Waals surface area contributed by atoms with E-state index in [4.69, 9.17) is 18.9 Å². The fourth-order valence-corrected chi connectivity index (χ4v) is 2.28. The Morgan fingerprint density at radius 2 is 1.48 bits per heavy atom. The predicted octanol–water partition coefficient (Wildman–Crippen LogP) is 3.06. The Kier molecular flexibility index (Phi) is 6.00. The first kappa shape index (κ1) is 18.3. The van der Waals surface area contributed by atoms with Gasteiger partial charge in [0, 0.05) is 5.56 Å². The summed E-state index contributed by atoms with van der Waals surface area (Å²) in [6, 6.07) is 9.92. The van der Waals surface area contributed by atoms with E-state index in [2.05, 4.69) is 0 Å². The topological polar surface area (TPSA) is 71.1 Å². The average molecular weight is 344 g/mol. The molecule has 0 bridgehead atoms.